The third-order valence-corrected chi connectivity index (χ3v) is 3.51. The Kier molecular flexibility index (Phi) is 4.68. The number of nitrogens with one attached hydrogen (secondary N) is 1. The predicted octanol–water partition coefficient (Wildman–Crippen LogP) is 2.00. The lowest BCUT2D eigenvalue weighted by molar-refractivity contribution is 0.0118. The second kappa shape index (κ2) is 6.48. The topological polar surface area (TPSA) is 57.9 Å². The summed E-state index contributed by atoms with van der Waals surface area (Å²) >= 11 is 0. The molecule has 0 radical (unpaired) electrons. The first-order valence-corrected chi connectivity index (χ1v) is 6.45. The summed E-state index contributed by atoms with van der Waals surface area (Å²) in [6.45, 7) is 0.575. The molecule has 96 valence electrons. The molecule has 0 aromatic carbocycles. The fourth-order valence-electron chi connectivity index (χ4n) is 2.36. The second-order valence-corrected chi connectivity index (χ2v) is 4.73. The average molecular weight is 245 g/mol. The Labute approximate surface area is 108 Å². The van der Waals surface area contributed by atoms with Gasteiger partial charge >= 0.3 is 0 Å². The van der Waals surface area contributed by atoms with E-state index >= 15 is 0 Å². The van der Waals surface area contributed by atoms with Gasteiger partial charge in [0.25, 0.3) is 0 Å². The van der Waals surface area contributed by atoms with Crippen LogP contribution in [-0.4, -0.2) is 24.2 Å². The van der Waals surface area contributed by atoms with Crippen LogP contribution in [0.25, 0.3) is 0 Å². The minimum Gasteiger partial charge on any atom is -0.374 e. The van der Waals surface area contributed by atoms with Gasteiger partial charge in [0.1, 0.15) is 11.8 Å². The average Bonchev–Trinajstić information content (AvgIpc) is 2.46. The van der Waals surface area contributed by atoms with Gasteiger partial charge in [0.2, 0.25) is 0 Å². The highest BCUT2D eigenvalue weighted by atomic mass is 16.5. The number of hydrogen-bond donors (Lipinski definition) is 1. The lowest BCUT2D eigenvalue weighted by atomic mass is 9.93. The Morgan fingerprint density at radius 2 is 2.22 bits per heavy atom. The Morgan fingerprint density at radius 3 is 2.89 bits per heavy atom. The molecule has 1 aromatic rings. The van der Waals surface area contributed by atoms with Crippen molar-refractivity contribution >= 4 is 0 Å². The molecule has 0 amide bonds. The molecular formula is C14H19N3O. The molecule has 1 N–H and O–H groups in total. The van der Waals surface area contributed by atoms with Crippen LogP contribution in [0.3, 0.4) is 0 Å². The maximum Gasteiger partial charge on any atom is 0.140 e. The summed E-state index contributed by atoms with van der Waals surface area (Å²) in [6, 6.07) is 6.39. The summed E-state index contributed by atoms with van der Waals surface area (Å²) in [5.74, 6) is 0. The third kappa shape index (κ3) is 3.52. The maximum atomic E-state index is 8.78. The van der Waals surface area contributed by atoms with Crippen molar-refractivity contribution < 1.29 is 4.74 Å². The second-order valence-electron chi connectivity index (χ2n) is 4.73. The standard InChI is InChI=1S/C14H19N3O/c1-16-12-2-4-14(5-3-12)18-10-11-6-7-17-13(8-11)9-15/h6-8,12,14,16H,2-5,10H2,1H3. The number of pyridine rings is 1. The first kappa shape index (κ1) is 13.0. The van der Waals surface area contributed by atoms with Gasteiger partial charge < -0.3 is 10.1 Å². The molecule has 1 aliphatic rings. The van der Waals surface area contributed by atoms with Crippen LogP contribution in [0.4, 0.5) is 0 Å². The van der Waals surface area contributed by atoms with Gasteiger partial charge in [-0.3, -0.25) is 0 Å². The van der Waals surface area contributed by atoms with Crippen molar-refractivity contribution in [3.05, 3.63) is 29.6 Å². The fraction of sp³-hybridized carbons (Fsp3) is 0.571. The normalized spacial score (nSPS) is 23.6. The van der Waals surface area contributed by atoms with Crippen molar-refractivity contribution in [3.63, 3.8) is 0 Å². The molecule has 0 aliphatic heterocycles. The molecule has 1 heterocycles. The van der Waals surface area contributed by atoms with Crippen molar-refractivity contribution in [1.29, 1.82) is 5.26 Å². The van der Waals surface area contributed by atoms with E-state index in [0.717, 1.165) is 18.4 Å². The highest BCUT2D eigenvalue weighted by Crippen LogP contribution is 2.22. The lowest BCUT2D eigenvalue weighted by Crippen LogP contribution is -2.32. The molecule has 1 aromatic heterocycles. The minimum absolute atomic E-state index is 0.355. The number of rotatable bonds is 4. The van der Waals surface area contributed by atoms with Gasteiger partial charge in [0.05, 0.1) is 12.7 Å². The van der Waals surface area contributed by atoms with Crippen LogP contribution < -0.4 is 5.32 Å². The van der Waals surface area contributed by atoms with Crippen molar-refractivity contribution in [1.82, 2.24) is 10.3 Å². The first-order chi connectivity index (χ1) is 8.81. The summed E-state index contributed by atoms with van der Waals surface area (Å²) < 4.78 is 5.90. The SMILES string of the molecule is CNC1CCC(OCc2ccnc(C#N)c2)CC1. The quantitative estimate of drug-likeness (QED) is 0.881. The van der Waals surface area contributed by atoms with Crippen LogP contribution >= 0.6 is 0 Å². The molecule has 1 saturated carbocycles. The van der Waals surface area contributed by atoms with Crippen LogP contribution in [0, 0.1) is 11.3 Å². The molecular weight excluding hydrogens is 226 g/mol. The van der Waals surface area contributed by atoms with E-state index in [1.165, 1.54) is 12.8 Å². The Hall–Kier alpha value is -1.44. The summed E-state index contributed by atoms with van der Waals surface area (Å²) in [4.78, 5) is 3.95. The number of nitriles is 1. The molecule has 0 spiro atoms. The fourth-order valence-corrected chi connectivity index (χ4v) is 2.36. The van der Waals surface area contributed by atoms with Crippen LogP contribution in [0.2, 0.25) is 0 Å². The lowest BCUT2D eigenvalue weighted by Gasteiger charge is -2.28. The molecule has 1 fully saturated rings. The van der Waals surface area contributed by atoms with Crippen LogP contribution in [-0.2, 0) is 11.3 Å². The highest BCUT2D eigenvalue weighted by molar-refractivity contribution is 5.24. The van der Waals surface area contributed by atoms with E-state index in [1.54, 1.807) is 12.3 Å². The predicted molar refractivity (Wildman–Crippen MR) is 68.8 cm³/mol. The summed E-state index contributed by atoms with van der Waals surface area (Å²) in [7, 11) is 2.02. The molecule has 2 rings (SSSR count). The molecule has 18 heavy (non-hydrogen) atoms. The third-order valence-electron chi connectivity index (χ3n) is 3.51. The van der Waals surface area contributed by atoms with Crippen molar-refractivity contribution in [2.24, 2.45) is 0 Å². The minimum atomic E-state index is 0.355. The van der Waals surface area contributed by atoms with Gasteiger partial charge in [0.15, 0.2) is 0 Å². The van der Waals surface area contributed by atoms with Crippen molar-refractivity contribution in [2.45, 2.75) is 44.4 Å². The van der Waals surface area contributed by atoms with Gasteiger partial charge in [-0.2, -0.15) is 5.26 Å². The number of nitrogens with zero attached hydrogens (tertiary/aromatic N) is 2. The molecule has 0 saturated heterocycles. The Morgan fingerprint density at radius 1 is 1.44 bits per heavy atom. The van der Waals surface area contributed by atoms with Gasteiger partial charge in [-0.05, 0) is 50.4 Å². The maximum absolute atomic E-state index is 8.78. The van der Waals surface area contributed by atoms with Gasteiger partial charge in [-0.25, -0.2) is 4.98 Å². The largest absolute Gasteiger partial charge is 0.374 e. The molecule has 4 heteroatoms. The molecule has 1 aliphatic carbocycles. The van der Waals surface area contributed by atoms with Crippen molar-refractivity contribution in [2.75, 3.05) is 7.05 Å². The zero-order valence-corrected chi connectivity index (χ0v) is 10.7. The molecule has 0 atom stereocenters. The zero-order valence-electron chi connectivity index (χ0n) is 10.7. The first-order valence-electron chi connectivity index (χ1n) is 6.45. The van der Waals surface area contributed by atoms with Crippen molar-refractivity contribution in [3.8, 4) is 6.07 Å². The van der Waals surface area contributed by atoms with E-state index in [-0.39, 0.29) is 0 Å². The molecule has 0 bridgehead atoms. The summed E-state index contributed by atoms with van der Waals surface area (Å²) in [6.07, 6.45) is 6.61. The van der Waals surface area contributed by atoms with E-state index in [9.17, 15) is 0 Å². The molecule has 4 nitrogen and oxygen atoms in total. The van der Waals surface area contributed by atoms with Gasteiger partial charge in [-0.1, -0.05) is 0 Å². The van der Waals surface area contributed by atoms with Gasteiger partial charge in [0, 0.05) is 12.2 Å². The summed E-state index contributed by atoms with van der Waals surface area (Å²) in [5.41, 5.74) is 1.48. The van der Waals surface area contributed by atoms with E-state index in [0.29, 0.717) is 24.4 Å². The van der Waals surface area contributed by atoms with E-state index in [2.05, 4.69) is 10.3 Å². The number of ether oxygens (including phenoxy) is 1. The number of aromatic nitrogens is 1. The Balaban J connectivity index is 1.80. The van der Waals surface area contributed by atoms with E-state index < -0.39 is 0 Å². The smallest absolute Gasteiger partial charge is 0.140 e. The Bertz CT molecular complexity index is 419. The zero-order chi connectivity index (χ0) is 12.8. The van der Waals surface area contributed by atoms with Gasteiger partial charge in [-0.15, -0.1) is 0 Å². The highest BCUT2D eigenvalue weighted by Gasteiger charge is 2.20. The van der Waals surface area contributed by atoms with E-state index in [4.69, 9.17) is 10.00 Å². The van der Waals surface area contributed by atoms with Crippen LogP contribution in [0.1, 0.15) is 36.9 Å². The van der Waals surface area contributed by atoms with Crippen LogP contribution in [0.5, 0.6) is 0 Å². The monoisotopic (exact) mass is 245 g/mol. The van der Waals surface area contributed by atoms with Crippen LogP contribution in [0.15, 0.2) is 18.3 Å². The summed E-state index contributed by atoms with van der Waals surface area (Å²) in [5, 5.41) is 12.1. The molecule has 0 unspecified atom stereocenters. The van der Waals surface area contributed by atoms with E-state index in [1.807, 2.05) is 19.2 Å². The number of hydrogen-bond acceptors (Lipinski definition) is 4.